The number of hydrogen-bond acceptors (Lipinski definition) is 4. The Bertz CT molecular complexity index is 329. The molecule has 2 N–H and O–H groups in total. The molecule has 1 aliphatic rings. The molecule has 82 valence electrons. The summed E-state index contributed by atoms with van der Waals surface area (Å²) in [5.41, 5.74) is 5.69. The maximum atomic E-state index is 5.69. The number of nitrogens with two attached hydrogens (primary N) is 1. The minimum atomic E-state index is 0.511. The van der Waals surface area contributed by atoms with Crippen molar-refractivity contribution in [2.75, 3.05) is 17.7 Å². The van der Waals surface area contributed by atoms with Crippen molar-refractivity contribution in [2.45, 2.75) is 31.7 Å². The van der Waals surface area contributed by atoms with E-state index in [9.17, 15) is 0 Å². The van der Waals surface area contributed by atoms with E-state index in [1.165, 1.54) is 25.7 Å². The van der Waals surface area contributed by atoms with E-state index in [1.54, 1.807) is 6.07 Å². The van der Waals surface area contributed by atoms with Crippen LogP contribution >= 0.6 is 15.9 Å². The maximum Gasteiger partial charge on any atom is 0.228 e. The lowest BCUT2D eigenvalue weighted by atomic mass is 10.2. The first kappa shape index (κ1) is 10.7. The highest BCUT2D eigenvalue weighted by Gasteiger charge is 2.21. The van der Waals surface area contributed by atoms with Crippen LogP contribution in [0, 0.1) is 0 Å². The van der Waals surface area contributed by atoms with Crippen LogP contribution in [-0.2, 0) is 0 Å². The Morgan fingerprint density at radius 1 is 1.40 bits per heavy atom. The summed E-state index contributed by atoms with van der Waals surface area (Å²) in [6.07, 6.45) is 5.07. The molecule has 0 spiro atoms. The van der Waals surface area contributed by atoms with E-state index in [0.29, 0.717) is 17.8 Å². The van der Waals surface area contributed by atoms with Gasteiger partial charge in [-0.2, -0.15) is 4.98 Å². The van der Waals surface area contributed by atoms with Gasteiger partial charge in [0.2, 0.25) is 5.95 Å². The maximum absolute atomic E-state index is 5.69. The summed E-state index contributed by atoms with van der Waals surface area (Å²) in [7, 11) is 2.04. The molecule has 0 amide bonds. The van der Waals surface area contributed by atoms with E-state index >= 15 is 0 Å². The molecule has 0 aromatic carbocycles. The highest BCUT2D eigenvalue weighted by molar-refractivity contribution is 9.10. The number of nitrogen functional groups attached to an aromatic ring is 1. The van der Waals surface area contributed by atoms with Crippen molar-refractivity contribution in [3.8, 4) is 0 Å². The molecule has 2 rings (SSSR count). The second-order valence-electron chi connectivity index (χ2n) is 3.96. The van der Waals surface area contributed by atoms with Crippen LogP contribution in [0.4, 0.5) is 11.8 Å². The van der Waals surface area contributed by atoms with Crippen molar-refractivity contribution in [1.29, 1.82) is 0 Å². The van der Waals surface area contributed by atoms with E-state index in [0.717, 1.165) is 4.60 Å². The van der Waals surface area contributed by atoms with Crippen molar-refractivity contribution in [3.63, 3.8) is 0 Å². The highest BCUT2D eigenvalue weighted by atomic mass is 79.9. The first-order valence-electron chi connectivity index (χ1n) is 5.19. The Morgan fingerprint density at radius 2 is 2.07 bits per heavy atom. The lowest BCUT2D eigenvalue weighted by Crippen LogP contribution is -2.30. The van der Waals surface area contributed by atoms with Crippen LogP contribution in [-0.4, -0.2) is 23.1 Å². The summed E-state index contributed by atoms with van der Waals surface area (Å²) in [4.78, 5) is 10.7. The molecule has 1 fully saturated rings. The fraction of sp³-hybridized carbons (Fsp3) is 0.600. The standard InChI is InChI=1S/C10H15BrN4/c1-15(7-4-2-3-5-7)10-13-8(11)6-9(12)14-10/h6-7H,2-5H2,1H3,(H2,12,13,14). The SMILES string of the molecule is CN(c1nc(N)cc(Br)n1)C1CCCC1. The number of rotatable bonds is 2. The van der Waals surface area contributed by atoms with Gasteiger partial charge in [0.05, 0.1) is 0 Å². The van der Waals surface area contributed by atoms with Gasteiger partial charge in [0.1, 0.15) is 10.4 Å². The Morgan fingerprint density at radius 3 is 2.67 bits per heavy atom. The van der Waals surface area contributed by atoms with Crippen molar-refractivity contribution >= 4 is 27.7 Å². The summed E-state index contributed by atoms with van der Waals surface area (Å²) in [5, 5.41) is 0. The molecular formula is C10H15BrN4. The van der Waals surface area contributed by atoms with Crippen molar-refractivity contribution < 1.29 is 0 Å². The smallest absolute Gasteiger partial charge is 0.228 e. The molecule has 1 saturated carbocycles. The molecule has 5 heteroatoms. The molecule has 0 radical (unpaired) electrons. The van der Waals surface area contributed by atoms with Gasteiger partial charge in [-0.05, 0) is 28.8 Å². The normalized spacial score (nSPS) is 16.9. The first-order valence-corrected chi connectivity index (χ1v) is 5.99. The second kappa shape index (κ2) is 4.35. The van der Waals surface area contributed by atoms with Crippen LogP contribution in [0.15, 0.2) is 10.7 Å². The van der Waals surface area contributed by atoms with Crippen molar-refractivity contribution in [2.24, 2.45) is 0 Å². The predicted octanol–water partition coefficient (Wildman–Crippen LogP) is 2.20. The average molecular weight is 271 g/mol. The molecule has 4 nitrogen and oxygen atoms in total. The zero-order valence-corrected chi connectivity index (χ0v) is 10.4. The summed E-state index contributed by atoms with van der Waals surface area (Å²) in [6, 6.07) is 2.28. The minimum absolute atomic E-state index is 0.511. The van der Waals surface area contributed by atoms with E-state index in [2.05, 4.69) is 30.8 Å². The highest BCUT2D eigenvalue weighted by Crippen LogP contribution is 2.26. The van der Waals surface area contributed by atoms with Crippen LogP contribution in [0.25, 0.3) is 0 Å². The number of halogens is 1. The molecule has 0 aliphatic heterocycles. The molecule has 0 saturated heterocycles. The van der Waals surface area contributed by atoms with Gasteiger partial charge in [-0.25, -0.2) is 4.98 Å². The minimum Gasteiger partial charge on any atom is -0.383 e. The Labute approximate surface area is 98.0 Å². The Balaban J connectivity index is 2.20. The summed E-state index contributed by atoms with van der Waals surface area (Å²) >= 11 is 3.33. The molecule has 15 heavy (non-hydrogen) atoms. The Kier molecular flexibility index (Phi) is 3.09. The van der Waals surface area contributed by atoms with Crippen LogP contribution in [0.1, 0.15) is 25.7 Å². The first-order chi connectivity index (χ1) is 7.16. The summed E-state index contributed by atoms with van der Waals surface area (Å²) in [6.45, 7) is 0. The second-order valence-corrected chi connectivity index (χ2v) is 4.78. The Hall–Kier alpha value is -0.840. The van der Waals surface area contributed by atoms with Gasteiger partial charge in [-0.3, -0.25) is 0 Å². The number of aromatic nitrogens is 2. The summed E-state index contributed by atoms with van der Waals surface area (Å²) in [5.74, 6) is 1.23. The lowest BCUT2D eigenvalue weighted by Gasteiger charge is -2.24. The van der Waals surface area contributed by atoms with E-state index in [4.69, 9.17) is 5.73 Å². The van der Waals surface area contributed by atoms with Crippen LogP contribution in [0.5, 0.6) is 0 Å². The lowest BCUT2D eigenvalue weighted by molar-refractivity contribution is 0.638. The predicted molar refractivity (Wildman–Crippen MR) is 64.8 cm³/mol. The molecular weight excluding hydrogens is 256 g/mol. The molecule has 0 bridgehead atoms. The van der Waals surface area contributed by atoms with Crippen LogP contribution < -0.4 is 10.6 Å². The van der Waals surface area contributed by atoms with Crippen molar-refractivity contribution in [3.05, 3.63) is 10.7 Å². The third kappa shape index (κ3) is 2.40. The molecule has 0 unspecified atom stereocenters. The average Bonchev–Trinajstić information content (AvgIpc) is 2.67. The van der Waals surface area contributed by atoms with Gasteiger partial charge < -0.3 is 10.6 Å². The molecule has 1 aliphatic carbocycles. The fourth-order valence-corrected chi connectivity index (χ4v) is 2.43. The number of anilines is 2. The van der Waals surface area contributed by atoms with Crippen LogP contribution in [0.2, 0.25) is 0 Å². The third-order valence-electron chi connectivity index (χ3n) is 2.89. The van der Waals surface area contributed by atoms with E-state index < -0.39 is 0 Å². The number of hydrogen-bond donors (Lipinski definition) is 1. The van der Waals surface area contributed by atoms with Crippen LogP contribution in [0.3, 0.4) is 0 Å². The monoisotopic (exact) mass is 270 g/mol. The molecule has 1 aromatic rings. The summed E-state index contributed by atoms with van der Waals surface area (Å²) < 4.78 is 0.745. The van der Waals surface area contributed by atoms with Gasteiger partial charge >= 0.3 is 0 Å². The quantitative estimate of drug-likeness (QED) is 0.838. The molecule has 0 atom stereocenters. The molecule has 1 heterocycles. The van der Waals surface area contributed by atoms with Gasteiger partial charge in [-0.1, -0.05) is 12.8 Å². The fourth-order valence-electron chi connectivity index (χ4n) is 2.04. The van der Waals surface area contributed by atoms with Crippen molar-refractivity contribution in [1.82, 2.24) is 9.97 Å². The molecule has 1 aromatic heterocycles. The topological polar surface area (TPSA) is 55.0 Å². The zero-order chi connectivity index (χ0) is 10.8. The number of nitrogens with zero attached hydrogens (tertiary/aromatic N) is 3. The van der Waals surface area contributed by atoms with Gasteiger partial charge in [-0.15, -0.1) is 0 Å². The van der Waals surface area contributed by atoms with Gasteiger partial charge in [0.15, 0.2) is 0 Å². The third-order valence-corrected chi connectivity index (χ3v) is 3.30. The van der Waals surface area contributed by atoms with E-state index in [-0.39, 0.29) is 0 Å². The van der Waals surface area contributed by atoms with E-state index in [1.807, 2.05) is 7.05 Å². The van der Waals surface area contributed by atoms with Gasteiger partial charge in [0.25, 0.3) is 0 Å². The largest absolute Gasteiger partial charge is 0.383 e. The zero-order valence-electron chi connectivity index (χ0n) is 8.78. The van der Waals surface area contributed by atoms with Gasteiger partial charge in [0, 0.05) is 19.2 Å².